The molecule has 6 rings (SSSR count). The van der Waals surface area contributed by atoms with Crippen LogP contribution < -0.4 is 4.90 Å². The molecular weight excluding hydrogens is 474 g/mol. The summed E-state index contributed by atoms with van der Waals surface area (Å²) in [4.78, 5) is 7.14. The van der Waals surface area contributed by atoms with E-state index in [1.165, 1.54) is 55.9 Å². The Labute approximate surface area is 233 Å². The molecule has 1 unspecified atom stereocenters. The monoisotopic (exact) mass is 514 g/mol. The van der Waals surface area contributed by atoms with E-state index in [1.807, 2.05) is 6.21 Å². The molecule has 0 fully saturated rings. The van der Waals surface area contributed by atoms with E-state index in [1.54, 1.807) is 0 Å². The first-order chi connectivity index (χ1) is 18.8. The van der Waals surface area contributed by atoms with Crippen molar-refractivity contribution in [2.75, 3.05) is 18.5 Å². The van der Waals surface area contributed by atoms with Gasteiger partial charge in [0.2, 0.25) is 5.69 Å². The number of rotatable bonds is 6. The van der Waals surface area contributed by atoms with Crippen molar-refractivity contribution >= 4 is 34.1 Å². The van der Waals surface area contributed by atoms with Crippen molar-refractivity contribution in [2.24, 2.45) is 4.99 Å². The summed E-state index contributed by atoms with van der Waals surface area (Å²) < 4.78 is 2.53. The largest absolute Gasteiger partial charge is 0.347 e. The fraction of sp³-hybridized carbons (Fsp3) is 0.333. The molecule has 0 aliphatic carbocycles. The zero-order chi connectivity index (χ0) is 27.4. The zero-order valence-electron chi connectivity index (χ0n) is 24.3. The average Bonchev–Trinajstić information content (AvgIpc) is 3.55. The second kappa shape index (κ2) is 9.48. The van der Waals surface area contributed by atoms with Crippen molar-refractivity contribution in [1.82, 2.24) is 0 Å². The number of allylic oxidation sites excluding steroid dienone is 6. The Bertz CT molecular complexity index is 1630. The number of likely N-dealkylation sites (N-methyl/N-ethyl adjacent to an activating group) is 1. The molecule has 3 nitrogen and oxygen atoms in total. The van der Waals surface area contributed by atoms with Gasteiger partial charge in [-0.05, 0) is 62.2 Å². The summed E-state index contributed by atoms with van der Waals surface area (Å²) in [6.45, 7) is 12.6. The lowest BCUT2D eigenvalue weighted by Crippen LogP contribution is -2.28. The van der Waals surface area contributed by atoms with E-state index in [2.05, 4.69) is 130 Å². The Hall–Kier alpha value is -3.72. The lowest BCUT2D eigenvalue weighted by Gasteiger charge is -2.29. The SMILES string of the molecule is CCC[N+]1=C(/C=C/C=C2/N(C)c3ccc4ccccc4c3C2(C)CC2=CCC=N2)C(C)(C)c2cc(C)ccc21. The van der Waals surface area contributed by atoms with Gasteiger partial charge in [0.15, 0.2) is 5.71 Å². The molecule has 3 aliphatic rings. The number of benzene rings is 3. The van der Waals surface area contributed by atoms with E-state index in [0.29, 0.717) is 0 Å². The van der Waals surface area contributed by atoms with Gasteiger partial charge in [-0.25, -0.2) is 0 Å². The molecule has 0 saturated heterocycles. The Morgan fingerprint density at radius 2 is 1.87 bits per heavy atom. The normalized spacial score (nSPS) is 22.5. The summed E-state index contributed by atoms with van der Waals surface area (Å²) in [7, 11) is 2.22. The molecule has 3 heteroatoms. The average molecular weight is 515 g/mol. The minimum absolute atomic E-state index is 0.0427. The molecule has 0 amide bonds. The van der Waals surface area contributed by atoms with Crippen molar-refractivity contribution in [3.05, 3.63) is 107 Å². The van der Waals surface area contributed by atoms with Crippen molar-refractivity contribution in [2.45, 2.75) is 64.7 Å². The molecule has 3 heterocycles. The second-order valence-corrected chi connectivity index (χ2v) is 12.1. The molecule has 3 aromatic rings. The molecular formula is C36H40N3+. The molecule has 0 bridgehead atoms. The van der Waals surface area contributed by atoms with Gasteiger partial charge in [0.25, 0.3) is 0 Å². The molecule has 0 spiro atoms. The highest BCUT2D eigenvalue weighted by atomic mass is 15.2. The van der Waals surface area contributed by atoms with Crippen molar-refractivity contribution in [3.63, 3.8) is 0 Å². The maximum atomic E-state index is 4.74. The predicted molar refractivity (Wildman–Crippen MR) is 167 cm³/mol. The highest BCUT2D eigenvalue weighted by Gasteiger charge is 2.45. The van der Waals surface area contributed by atoms with Gasteiger partial charge in [-0.1, -0.05) is 61.0 Å². The van der Waals surface area contributed by atoms with Gasteiger partial charge >= 0.3 is 0 Å². The van der Waals surface area contributed by atoms with E-state index < -0.39 is 0 Å². The Kier molecular flexibility index (Phi) is 6.21. The quantitative estimate of drug-likeness (QED) is 0.302. The van der Waals surface area contributed by atoms with Gasteiger partial charge in [0, 0.05) is 72.7 Å². The summed E-state index contributed by atoms with van der Waals surface area (Å²) in [6, 6.07) is 20.3. The van der Waals surface area contributed by atoms with Crippen LogP contribution in [-0.4, -0.2) is 30.1 Å². The standard InChI is InChI=1S/C36H40N3/c1-7-22-39-30-19-17-25(2)23-29(30)35(3,4)32(39)15-10-16-33-36(5,24-27-13-11-21-37-27)34-28-14-9-8-12-26(28)18-20-31(34)38(33)6/h8-10,12-21,23H,7,11,22,24H2,1-6H3/q+1. The summed E-state index contributed by atoms with van der Waals surface area (Å²) in [5.74, 6) is 0. The molecule has 198 valence electrons. The Morgan fingerprint density at radius 1 is 1.05 bits per heavy atom. The molecule has 0 saturated carbocycles. The number of nitrogens with zero attached hydrogens (tertiary/aromatic N) is 3. The second-order valence-electron chi connectivity index (χ2n) is 12.1. The summed E-state index contributed by atoms with van der Waals surface area (Å²) >= 11 is 0. The first-order valence-corrected chi connectivity index (χ1v) is 14.4. The third-order valence-corrected chi connectivity index (χ3v) is 9.00. The fourth-order valence-corrected chi connectivity index (χ4v) is 7.10. The van der Waals surface area contributed by atoms with Crippen LogP contribution in [0.15, 0.2) is 95.3 Å². The van der Waals surface area contributed by atoms with Crippen LogP contribution >= 0.6 is 0 Å². The molecule has 39 heavy (non-hydrogen) atoms. The molecule has 0 aromatic heterocycles. The van der Waals surface area contributed by atoms with Crippen LogP contribution in [0.5, 0.6) is 0 Å². The van der Waals surface area contributed by atoms with Crippen molar-refractivity contribution in [1.29, 1.82) is 0 Å². The van der Waals surface area contributed by atoms with Crippen LogP contribution in [0.2, 0.25) is 0 Å². The zero-order valence-corrected chi connectivity index (χ0v) is 24.3. The van der Waals surface area contributed by atoms with Crippen LogP contribution in [0, 0.1) is 6.92 Å². The first kappa shape index (κ1) is 25.6. The minimum Gasteiger partial charge on any atom is -0.347 e. The van der Waals surface area contributed by atoms with Crippen LogP contribution in [0.4, 0.5) is 11.4 Å². The lowest BCUT2D eigenvalue weighted by molar-refractivity contribution is -0.437. The highest BCUT2D eigenvalue weighted by molar-refractivity contribution is 6.03. The Balaban J connectivity index is 1.47. The van der Waals surface area contributed by atoms with Gasteiger partial charge in [-0.2, -0.15) is 4.58 Å². The van der Waals surface area contributed by atoms with Gasteiger partial charge < -0.3 is 4.90 Å². The van der Waals surface area contributed by atoms with E-state index in [9.17, 15) is 0 Å². The van der Waals surface area contributed by atoms with Gasteiger partial charge in [0.1, 0.15) is 6.54 Å². The van der Waals surface area contributed by atoms with Crippen LogP contribution in [0.25, 0.3) is 10.8 Å². The van der Waals surface area contributed by atoms with E-state index in [-0.39, 0.29) is 10.8 Å². The third-order valence-electron chi connectivity index (χ3n) is 9.00. The maximum absolute atomic E-state index is 4.74. The van der Waals surface area contributed by atoms with Crippen molar-refractivity contribution in [3.8, 4) is 0 Å². The van der Waals surface area contributed by atoms with Crippen LogP contribution in [-0.2, 0) is 10.8 Å². The van der Waals surface area contributed by atoms with E-state index in [4.69, 9.17) is 4.99 Å². The van der Waals surface area contributed by atoms with Gasteiger partial charge in [0.05, 0.1) is 5.41 Å². The molecule has 0 radical (unpaired) electrons. The Morgan fingerprint density at radius 3 is 2.64 bits per heavy atom. The van der Waals surface area contributed by atoms with E-state index >= 15 is 0 Å². The highest BCUT2D eigenvalue weighted by Crippen LogP contribution is 2.53. The summed E-state index contributed by atoms with van der Waals surface area (Å²) in [5.41, 5.74) is 10.5. The number of hydrogen-bond acceptors (Lipinski definition) is 2. The topological polar surface area (TPSA) is 18.6 Å². The minimum atomic E-state index is -0.179. The third kappa shape index (κ3) is 4.02. The summed E-state index contributed by atoms with van der Waals surface area (Å²) in [6.07, 6.45) is 14.3. The van der Waals surface area contributed by atoms with E-state index in [0.717, 1.165) is 25.8 Å². The van der Waals surface area contributed by atoms with Crippen LogP contribution in [0.3, 0.4) is 0 Å². The smallest absolute Gasteiger partial charge is 0.209 e. The molecule has 3 aromatic carbocycles. The van der Waals surface area contributed by atoms with Crippen molar-refractivity contribution < 1.29 is 4.58 Å². The number of hydrogen-bond donors (Lipinski definition) is 0. The number of fused-ring (bicyclic) bond motifs is 4. The first-order valence-electron chi connectivity index (χ1n) is 14.4. The maximum Gasteiger partial charge on any atom is 0.209 e. The van der Waals surface area contributed by atoms with Gasteiger partial charge in [-0.3, -0.25) is 4.99 Å². The number of aliphatic imine (C=N–C) groups is 1. The summed E-state index contributed by atoms with van der Waals surface area (Å²) in [5, 5.41) is 2.63. The number of anilines is 1. The molecule has 1 atom stereocenters. The molecule has 3 aliphatic heterocycles. The fourth-order valence-electron chi connectivity index (χ4n) is 7.10. The van der Waals surface area contributed by atoms with Crippen LogP contribution in [0.1, 0.15) is 63.6 Å². The number of aryl methyl sites for hydroxylation is 1. The van der Waals surface area contributed by atoms with Gasteiger partial charge in [-0.15, -0.1) is 0 Å². The molecule has 0 N–H and O–H groups in total. The lowest BCUT2D eigenvalue weighted by atomic mass is 9.75. The predicted octanol–water partition coefficient (Wildman–Crippen LogP) is 8.53.